The van der Waals surface area contributed by atoms with Gasteiger partial charge in [0.05, 0.1) is 18.1 Å². The Hall–Kier alpha value is -2.33. The number of aromatic nitrogens is 2. The second kappa shape index (κ2) is 7.49. The number of amides is 1. The average Bonchev–Trinajstić information content (AvgIpc) is 3.27. The van der Waals surface area contributed by atoms with E-state index >= 15 is 0 Å². The molecular formula is C19H23N3O6S. The van der Waals surface area contributed by atoms with Crippen LogP contribution in [0.5, 0.6) is 0 Å². The fourth-order valence-electron chi connectivity index (χ4n) is 4.35. The van der Waals surface area contributed by atoms with Crippen molar-refractivity contribution in [2.45, 2.75) is 51.1 Å². The van der Waals surface area contributed by atoms with Gasteiger partial charge in [0.1, 0.15) is 11.5 Å². The number of carbonyl (C=O) groups is 3. The quantitative estimate of drug-likeness (QED) is 0.405. The highest BCUT2D eigenvalue weighted by atomic mass is 32.2. The Labute approximate surface area is 172 Å². The third-order valence-electron chi connectivity index (χ3n) is 5.66. The number of β-lactam (4-membered cyclic amide) rings is 1. The van der Waals surface area contributed by atoms with Crippen LogP contribution in [-0.4, -0.2) is 61.6 Å². The lowest BCUT2D eigenvalue weighted by molar-refractivity contribution is -0.171. The standard InChI is InChI=1S/C19H23N3O6S/c1-9-15-14(10(2)23)18(25)22(15)16(19(26)28-8-27-11(3)24)17(9)29-12-6-13-20-4-5-21(13)7-12/h4-5,9-10,12,14-15,23H,6-8H2,1-3H3/t9-,10-,12?,14-,15-/m1/s1. The molecule has 0 saturated carbocycles. The van der Waals surface area contributed by atoms with E-state index in [1.807, 2.05) is 13.1 Å². The van der Waals surface area contributed by atoms with E-state index in [1.165, 1.54) is 11.8 Å². The Bertz CT molecular complexity index is 874. The van der Waals surface area contributed by atoms with Crippen LogP contribution in [0.25, 0.3) is 0 Å². The Kier molecular flexibility index (Phi) is 5.16. The van der Waals surface area contributed by atoms with Crippen LogP contribution in [0, 0.1) is 11.8 Å². The molecule has 1 aromatic rings. The first kappa shape index (κ1) is 20.0. The SMILES string of the molecule is CC(=O)OCOC(=O)C1=C(SC2Cc3nccn3C2)[C@H](C)[C@@H]2[C@@H]([C@@H](C)O)C(=O)N12. The minimum absolute atomic E-state index is 0.110. The van der Waals surface area contributed by atoms with Crippen molar-refractivity contribution in [2.24, 2.45) is 11.8 Å². The van der Waals surface area contributed by atoms with Crippen molar-refractivity contribution >= 4 is 29.6 Å². The maximum absolute atomic E-state index is 12.8. The van der Waals surface area contributed by atoms with Gasteiger partial charge in [0.2, 0.25) is 12.7 Å². The molecule has 0 aromatic carbocycles. The molecule has 0 spiro atoms. The summed E-state index contributed by atoms with van der Waals surface area (Å²) < 4.78 is 11.9. The van der Waals surface area contributed by atoms with E-state index in [9.17, 15) is 19.5 Å². The number of hydrogen-bond donors (Lipinski definition) is 1. The highest BCUT2D eigenvalue weighted by molar-refractivity contribution is 8.03. The van der Waals surface area contributed by atoms with Crippen LogP contribution in [0.4, 0.5) is 0 Å². The average molecular weight is 421 g/mol. The molecule has 3 aliphatic heterocycles. The molecule has 5 atom stereocenters. The molecule has 0 bridgehead atoms. The highest BCUT2D eigenvalue weighted by Gasteiger charge is 2.60. The molecule has 10 heteroatoms. The lowest BCUT2D eigenvalue weighted by Gasteiger charge is -2.46. The van der Waals surface area contributed by atoms with Gasteiger partial charge in [-0.05, 0) is 6.92 Å². The summed E-state index contributed by atoms with van der Waals surface area (Å²) in [7, 11) is 0. The molecule has 29 heavy (non-hydrogen) atoms. The number of aliphatic hydroxyl groups is 1. The first-order chi connectivity index (χ1) is 13.8. The van der Waals surface area contributed by atoms with Gasteiger partial charge < -0.3 is 24.0 Å². The van der Waals surface area contributed by atoms with Gasteiger partial charge in [0.15, 0.2) is 0 Å². The Morgan fingerprint density at radius 1 is 1.41 bits per heavy atom. The second-order valence-electron chi connectivity index (χ2n) is 7.59. The number of thioether (sulfide) groups is 1. The van der Waals surface area contributed by atoms with E-state index < -0.39 is 30.8 Å². The van der Waals surface area contributed by atoms with Crippen molar-refractivity contribution in [2.75, 3.05) is 6.79 Å². The van der Waals surface area contributed by atoms with Crippen molar-refractivity contribution in [3.63, 3.8) is 0 Å². The maximum atomic E-state index is 12.8. The number of ether oxygens (including phenoxy) is 2. The van der Waals surface area contributed by atoms with Crippen molar-refractivity contribution in [1.82, 2.24) is 14.5 Å². The summed E-state index contributed by atoms with van der Waals surface area (Å²) >= 11 is 1.56. The smallest absolute Gasteiger partial charge is 0.358 e. The van der Waals surface area contributed by atoms with Gasteiger partial charge in [-0.25, -0.2) is 9.78 Å². The maximum Gasteiger partial charge on any atom is 0.358 e. The van der Waals surface area contributed by atoms with E-state index in [-0.39, 0.29) is 28.8 Å². The van der Waals surface area contributed by atoms with Crippen molar-refractivity contribution in [1.29, 1.82) is 0 Å². The van der Waals surface area contributed by atoms with Crippen LogP contribution in [0.3, 0.4) is 0 Å². The van der Waals surface area contributed by atoms with Gasteiger partial charge in [-0.2, -0.15) is 0 Å². The number of hydrogen-bond acceptors (Lipinski definition) is 8. The van der Waals surface area contributed by atoms with E-state index in [0.29, 0.717) is 0 Å². The molecule has 4 rings (SSSR count). The summed E-state index contributed by atoms with van der Waals surface area (Å²) in [6.07, 6.45) is 3.66. The minimum atomic E-state index is -0.801. The van der Waals surface area contributed by atoms with Crippen LogP contribution in [0.1, 0.15) is 26.6 Å². The molecular weight excluding hydrogens is 398 g/mol. The van der Waals surface area contributed by atoms with Gasteiger partial charge in [0.25, 0.3) is 0 Å². The predicted molar refractivity (Wildman–Crippen MR) is 102 cm³/mol. The van der Waals surface area contributed by atoms with E-state index in [0.717, 1.165) is 23.7 Å². The predicted octanol–water partition coefficient (Wildman–Crippen LogP) is 0.674. The lowest BCUT2D eigenvalue weighted by atomic mass is 9.79. The normalized spacial score (nSPS) is 28.7. The molecule has 1 fully saturated rings. The van der Waals surface area contributed by atoms with E-state index in [4.69, 9.17) is 9.47 Å². The number of nitrogens with zero attached hydrogens (tertiary/aromatic N) is 3. The molecule has 1 amide bonds. The van der Waals surface area contributed by atoms with Crippen molar-refractivity contribution in [3.05, 3.63) is 28.8 Å². The number of esters is 2. The fraction of sp³-hybridized carbons (Fsp3) is 0.579. The number of imidazole rings is 1. The molecule has 1 aromatic heterocycles. The second-order valence-corrected chi connectivity index (χ2v) is 8.93. The molecule has 0 radical (unpaired) electrons. The van der Waals surface area contributed by atoms with Crippen LogP contribution in [-0.2, 0) is 36.8 Å². The number of carbonyl (C=O) groups excluding carboxylic acids is 3. The largest absolute Gasteiger partial charge is 0.428 e. The number of aliphatic hydroxyl groups excluding tert-OH is 1. The fourth-order valence-corrected chi connectivity index (χ4v) is 5.82. The van der Waals surface area contributed by atoms with Gasteiger partial charge in [-0.1, -0.05) is 6.92 Å². The van der Waals surface area contributed by atoms with Crippen LogP contribution >= 0.6 is 11.8 Å². The zero-order chi connectivity index (χ0) is 20.9. The Morgan fingerprint density at radius 3 is 2.83 bits per heavy atom. The van der Waals surface area contributed by atoms with Crippen molar-refractivity contribution < 1.29 is 29.0 Å². The van der Waals surface area contributed by atoms with Gasteiger partial charge in [-0.15, -0.1) is 11.8 Å². The number of rotatable bonds is 6. The molecule has 156 valence electrons. The Balaban J connectivity index is 1.57. The minimum Gasteiger partial charge on any atom is -0.428 e. The van der Waals surface area contributed by atoms with E-state index in [2.05, 4.69) is 9.55 Å². The third kappa shape index (κ3) is 3.33. The zero-order valence-corrected chi connectivity index (χ0v) is 17.2. The van der Waals surface area contributed by atoms with Crippen LogP contribution in [0.2, 0.25) is 0 Å². The van der Waals surface area contributed by atoms with Gasteiger partial charge in [-0.3, -0.25) is 9.59 Å². The summed E-state index contributed by atoms with van der Waals surface area (Å²) in [5.74, 6) is -1.20. The Morgan fingerprint density at radius 2 is 2.17 bits per heavy atom. The summed E-state index contributed by atoms with van der Waals surface area (Å²) in [4.78, 5) is 42.9. The first-order valence-corrected chi connectivity index (χ1v) is 10.4. The molecule has 4 heterocycles. The molecule has 9 nitrogen and oxygen atoms in total. The summed E-state index contributed by atoms with van der Waals surface area (Å²) in [6.45, 7) is 5.03. The van der Waals surface area contributed by atoms with Gasteiger partial charge in [0, 0.05) is 48.4 Å². The topological polar surface area (TPSA) is 111 Å². The molecule has 1 unspecified atom stereocenters. The van der Waals surface area contributed by atoms with E-state index in [1.54, 1.807) is 24.9 Å². The monoisotopic (exact) mass is 421 g/mol. The van der Waals surface area contributed by atoms with Gasteiger partial charge >= 0.3 is 11.9 Å². The molecule has 1 N–H and O–H groups in total. The highest BCUT2D eigenvalue weighted by Crippen LogP contribution is 2.52. The number of fused-ring (bicyclic) bond motifs is 2. The molecule has 3 aliphatic rings. The van der Waals surface area contributed by atoms with Crippen LogP contribution < -0.4 is 0 Å². The zero-order valence-electron chi connectivity index (χ0n) is 16.4. The first-order valence-electron chi connectivity index (χ1n) is 9.52. The summed E-state index contributed by atoms with van der Waals surface area (Å²) in [5.41, 5.74) is 0.200. The third-order valence-corrected chi connectivity index (χ3v) is 7.13. The van der Waals surface area contributed by atoms with Crippen molar-refractivity contribution in [3.8, 4) is 0 Å². The summed E-state index contributed by atoms with van der Waals surface area (Å²) in [6, 6.07) is -0.278. The summed E-state index contributed by atoms with van der Waals surface area (Å²) in [5, 5.41) is 10.2. The van der Waals surface area contributed by atoms with Crippen LogP contribution in [0.15, 0.2) is 23.0 Å². The lowest BCUT2D eigenvalue weighted by Crippen LogP contribution is -2.63. The molecule has 1 saturated heterocycles. The molecule has 0 aliphatic carbocycles.